The van der Waals surface area contributed by atoms with Crippen LogP contribution in [0.15, 0.2) is 52.9 Å². The third kappa shape index (κ3) is 3.45. The van der Waals surface area contributed by atoms with Crippen molar-refractivity contribution in [1.29, 1.82) is 0 Å². The van der Waals surface area contributed by atoms with Crippen LogP contribution in [0.4, 0.5) is 0 Å². The van der Waals surface area contributed by atoms with E-state index in [2.05, 4.69) is 49.6 Å². The molecule has 0 aliphatic heterocycles. The van der Waals surface area contributed by atoms with Gasteiger partial charge in [-0.2, -0.15) is 0 Å². The van der Waals surface area contributed by atoms with Gasteiger partial charge in [0.1, 0.15) is 10.9 Å². The van der Waals surface area contributed by atoms with Crippen LogP contribution in [0.2, 0.25) is 0 Å². The van der Waals surface area contributed by atoms with Gasteiger partial charge in [-0.15, -0.1) is 21.5 Å². The molecule has 3 heterocycles. The summed E-state index contributed by atoms with van der Waals surface area (Å²) in [6.45, 7) is 2.58. The lowest BCUT2D eigenvalue weighted by Crippen LogP contribution is -2.27. The van der Waals surface area contributed by atoms with Gasteiger partial charge in [0.2, 0.25) is 5.91 Å². The molecule has 0 saturated heterocycles. The van der Waals surface area contributed by atoms with E-state index in [4.69, 9.17) is 0 Å². The van der Waals surface area contributed by atoms with E-state index in [0.29, 0.717) is 12.3 Å². The monoisotopic (exact) mass is 382 g/mol. The number of fused-ring (bicyclic) bond motifs is 3. The molecule has 0 fully saturated rings. The molecule has 4 aromatic rings. The Labute approximate surface area is 159 Å². The lowest BCUT2D eigenvalue weighted by Gasteiger charge is -2.07. The molecule has 1 N–H and O–H groups in total. The van der Waals surface area contributed by atoms with Crippen molar-refractivity contribution in [1.82, 2.24) is 19.9 Å². The van der Waals surface area contributed by atoms with E-state index in [-0.39, 0.29) is 5.91 Å². The number of aromatic nitrogens is 3. The van der Waals surface area contributed by atoms with E-state index in [1.54, 1.807) is 11.3 Å². The topological polar surface area (TPSA) is 59.3 Å². The molecule has 0 radical (unpaired) electrons. The predicted octanol–water partition coefficient (Wildman–Crippen LogP) is 3.70. The quantitative estimate of drug-likeness (QED) is 0.517. The first kappa shape index (κ1) is 17.1. The number of carbonyl (C=O) groups excluding carboxylic acids is 1. The van der Waals surface area contributed by atoms with Gasteiger partial charge in [0, 0.05) is 6.54 Å². The first-order chi connectivity index (χ1) is 12.7. The van der Waals surface area contributed by atoms with Crippen LogP contribution in [0.5, 0.6) is 0 Å². The van der Waals surface area contributed by atoms with Gasteiger partial charge in [0.25, 0.3) is 0 Å². The third-order valence-corrected chi connectivity index (χ3v) is 5.99. The van der Waals surface area contributed by atoms with Crippen molar-refractivity contribution >= 4 is 44.7 Å². The van der Waals surface area contributed by atoms with Crippen LogP contribution < -0.4 is 5.32 Å². The Morgan fingerprint density at radius 1 is 1.19 bits per heavy atom. The Hall–Kier alpha value is -2.38. The van der Waals surface area contributed by atoms with Crippen molar-refractivity contribution in [2.45, 2.75) is 18.4 Å². The van der Waals surface area contributed by atoms with Crippen LogP contribution in [0.25, 0.3) is 15.7 Å². The minimum Gasteiger partial charge on any atom is -0.355 e. The molecular weight excluding hydrogens is 364 g/mol. The van der Waals surface area contributed by atoms with Gasteiger partial charge in [0.15, 0.2) is 0 Å². The molecule has 26 heavy (non-hydrogen) atoms. The molecule has 0 saturated carbocycles. The lowest BCUT2D eigenvalue weighted by molar-refractivity contribution is -0.118. The summed E-state index contributed by atoms with van der Waals surface area (Å²) >= 11 is 3.13. The molecule has 132 valence electrons. The average molecular weight is 383 g/mol. The highest BCUT2D eigenvalue weighted by atomic mass is 32.2. The minimum atomic E-state index is 0.0137. The van der Waals surface area contributed by atoms with Crippen molar-refractivity contribution in [3.8, 4) is 0 Å². The number of amides is 1. The fourth-order valence-electron chi connectivity index (χ4n) is 2.92. The van der Waals surface area contributed by atoms with Gasteiger partial charge in [-0.1, -0.05) is 42.1 Å². The van der Waals surface area contributed by atoms with Crippen molar-refractivity contribution in [2.75, 3.05) is 12.3 Å². The fourth-order valence-corrected chi connectivity index (χ4v) is 4.49. The molecule has 0 atom stereocenters. The smallest absolute Gasteiger partial charge is 0.230 e. The normalized spacial score (nSPS) is 11.3. The van der Waals surface area contributed by atoms with E-state index in [9.17, 15) is 4.79 Å². The number of nitrogens with zero attached hydrogens (tertiary/aromatic N) is 3. The first-order valence-electron chi connectivity index (χ1n) is 8.38. The molecule has 0 aliphatic rings. The van der Waals surface area contributed by atoms with E-state index in [0.717, 1.165) is 28.3 Å². The minimum absolute atomic E-state index is 0.0137. The predicted molar refractivity (Wildman–Crippen MR) is 107 cm³/mol. The molecule has 1 aromatic carbocycles. The van der Waals surface area contributed by atoms with Gasteiger partial charge >= 0.3 is 0 Å². The molecule has 5 nitrogen and oxygen atoms in total. The summed E-state index contributed by atoms with van der Waals surface area (Å²) < 4.78 is 3.31. The Bertz CT molecular complexity index is 1060. The van der Waals surface area contributed by atoms with Crippen molar-refractivity contribution in [2.24, 2.45) is 0 Å². The van der Waals surface area contributed by atoms with Crippen LogP contribution in [0.3, 0.4) is 0 Å². The zero-order valence-electron chi connectivity index (χ0n) is 14.3. The van der Waals surface area contributed by atoms with Crippen LogP contribution in [-0.4, -0.2) is 32.8 Å². The Morgan fingerprint density at radius 2 is 2.04 bits per heavy atom. The number of rotatable bonds is 6. The number of hydrogen-bond acceptors (Lipinski definition) is 5. The highest BCUT2D eigenvalue weighted by Crippen LogP contribution is 2.30. The van der Waals surface area contributed by atoms with Crippen LogP contribution in [-0.2, 0) is 11.2 Å². The second kappa shape index (κ2) is 7.47. The summed E-state index contributed by atoms with van der Waals surface area (Å²) in [4.78, 5) is 12.1. The highest BCUT2D eigenvalue weighted by molar-refractivity contribution is 8.00. The average Bonchev–Trinajstić information content (AvgIpc) is 3.23. The highest BCUT2D eigenvalue weighted by Gasteiger charge is 2.13. The molecule has 1 amide bonds. The van der Waals surface area contributed by atoms with E-state index in [1.807, 2.05) is 25.1 Å². The molecule has 0 unspecified atom stereocenters. The standard InChI is InChI=1S/C19H18N4OS2/c1-13-21-22-19(16-11-17-15(23(13)16)8-10-25-17)26-12-18(24)20-9-7-14-5-3-2-4-6-14/h2-6,8,10-11H,7,9,12H2,1H3,(H,20,24). The number of thioether (sulfide) groups is 1. The summed E-state index contributed by atoms with van der Waals surface area (Å²) in [5.41, 5.74) is 3.38. The molecule has 4 rings (SSSR count). The lowest BCUT2D eigenvalue weighted by atomic mass is 10.1. The van der Waals surface area contributed by atoms with Crippen molar-refractivity contribution in [3.05, 3.63) is 59.2 Å². The number of carbonyl (C=O) groups is 1. The maximum absolute atomic E-state index is 12.1. The Kier molecular flexibility index (Phi) is 4.90. The molecule has 7 heteroatoms. The van der Waals surface area contributed by atoms with Gasteiger partial charge < -0.3 is 5.32 Å². The Morgan fingerprint density at radius 3 is 2.88 bits per heavy atom. The SMILES string of the molecule is Cc1nnc(SCC(=O)NCCc2ccccc2)c2cc3sccc3n12. The second-order valence-electron chi connectivity index (χ2n) is 5.96. The molecular formula is C19H18N4OS2. The summed E-state index contributed by atoms with van der Waals surface area (Å²) in [5, 5.41) is 14.4. The molecule has 0 aliphatic carbocycles. The second-order valence-corrected chi connectivity index (χ2v) is 7.87. The summed E-state index contributed by atoms with van der Waals surface area (Å²) in [5.74, 6) is 1.20. The molecule has 3 aromatic heterocycles. The van der Waals surface area contributed by atoms with Crippen LogP contribution >= 0.6 is 23.1 Å². The number of benzene rings is 1. The maximum atomic E-state index is 12.1. The maximum Gasteiger partial charge on any atom is 0.230 e. The van der Waals surface area contributed by atoms with Gasteiger partial charge in [-0.05, 0) is 36.4 Å². The third-order valence-electron chi connectivity index (χ3n) is 4.17. The fraction of sp³-hybridized carbons (Fsp3) is 0.211. The van der Waals surface area contributed by atoms with Crippen molar-refractivity contribution < 1.29 is 4.79 Å². The summed E-state index contributed by atoms with van der Waals surface area (Å²) in [7, 11) is 0. The number of thiophene rings is 1. The van der Waals surface area contributed by atoms with Gasteiger partial charge in [0.05, 0.1) is 21.5 Å². The molecule has 0 bridgehead atoms. The number of hydrogen-bond donors (Lipinski definition) is 1. The van der Waals surface area contributed by atoms with Crippen LogP contribution in [0, 0.1) is 6.92 Å². The van der Waals surface area contributed by atoms with Gasteiger partial charge in [-0.3, -0.25) is 9.20 Å². The largest absolute Gasteiger partial charge is 0.355 e. The van der Waals surface area contributed by atoms with Crippen LogP contribution in [0.1, 0.15) is 11.4 Å². The summed E-state index contributed by atoms with van der Waals surface area (Å²) in [6.07, 6.45) is 0.834. The number of nitrogens with one attached hydrogen (secondary N) is 1. The van der Waals surface area contributed by atoms with E-state index < -0.39 is 0 Å². The van der Waals surface area contributed by atoms with E-state index in [1.165, 1.54) is 22.0 Å². The van der Waals surface area contributed by atoms with Gasteiger partial charge in [-0.25, -0.2) is 0 Å². The molecule has 0 spiro atoms. The zero-order valence-corrected chi connectivity index (χ0v) is 15.9. The Balaban J connectivity index is 1.40. The summed E-state index contributed by atoms with van der Waals surface area (Å²) in [6, 6.07) is 14.4. The zero-order chi connectivity index (χ0) is 17.9. The van der Waals surface area contributed by atoms with Crippen molar-refractivity contribution in [3.63, 3.8) is 0 Å². The number of aryl methyl sites for hydroxylation is 1. The van der Waals surface area contributed by atoms with E-state index >= 15 is 0 Å². The first-order valence-corrected chi connectivity index (χ1v) is 10.2.